The van der Waals surface area contributed by atoms with Crippen LogP contribution in [0.15, 0.2) is 47.3 Å². The average molecular weight is 243 g/mol. The summed E-state index contributed by atoms with van der Waals surface area (Å²) in [5.41, 5.74) is 1.75. The number of pyridine rings is 1. The first kappa shape index (κ1) is 12.1. The summed E-state index contributed by atoms with van der Waals surface area (Å²) < 4.78 is 4.93. The highest BCUT2D eigenvalue weighted by Gasteiger charge is 2.07. The van der Waals surface area contributed by atoms with Gasteiger partial charge in [0.25, 0.3) is 0 Å². The molecule has 1 heterocycles. The average Bonchev–Trinajstić information content (AvgIpc) is 2.39. The number of H-pyrrole nitrogens is 1. The summed E-state index contributed by atoms with van der Waals surface area (Å²) in [4.78, 5) is 25.6. The molecule has 2 aromatic rings. The van der Waals surface area contributed by atoms with Gasteiger partial charge in [0.2, 0.25) is 5.56 Å². The van der Waals surface area contributed by atoms with Gasteiger partial charge in [0.05, 0.1) is 12.2 Å². The summed E-state index contributed by atoms with van der Waals surface area (Å²) in [5, 5.41) is 0. The molecule has 0 saturated heterocycles. The molecule has 4 nitrogen and oxygen atoms in total. The number of ether oxygens (including phenoxy) is 1. The van der Waals surface area contributed by atoms with E-state index in [0.717, 1.165) is 5.56 Å². The maximum Gasteiger partial charge on any atom is 0.338 e. The fourth-order valence-electron chi connectivity index (χ4n) is 1.64. The van der Waals surface area contributed by atoms with Crippen LogP contribution in [-0.2, 0) is 4.74 Å². The first-order chi connectivity index (χ1) is 8.70. The molecule has 0 amide bonds. The zero-order chi connectivity index (χ0) is 13.0. The topological polar surface area (TPSA) is 59.2 Å². The van der Waals surface area contributed by atoms with Gasteiger partial charge in [0.1, 0.15) is 0 Å². The van der Waals surface area contributed by atoms with Crippen LogP contribution in [0.4, 0.5) is 0 Å². The van der Waals surface area contributed by atoms with Gasteiger partial charge in [0, 0.05) is 11.8 Å². The Hall–Kier alpha value is -2.36. The van der Waals surface area contributed by atoms with Crippen molar-refractivity contribution in [3.8, 4) is 11.3 Å². The number of carbonyl (C=O) groups is 1. The lowest BCUT2D eigenvalue weighted by Crippen LogP contribution is -2.06. The summed E-state index contributed by atoms with van der Waals surface area (Å²) in [7, 11) is 0. The molecule has 92 valence electrons. The molecule has 4 heteroatoms. The number of hydrogen-bond acceptors (Lipinski definition) is 3. The normalized spacial score (nSPS) is 10.1. The van der Waals surface area contributed by atoms with Crippen molar-refractivity contribution in [2.45, 2.75) is 6.92 Å². The van der Waals surface area contributed by atoms with Crippen molar-refractivity contribution in [3.05, 3.63) is 58.4 Å². The van der Waals surface area contributed by atoms with Crippen LogP contribution in [0.2, 0.25) is 0 Å². The van der Waals surface area contributed by atoms with Crippen LogP contribution in [0.25, 0.3) is 11.3 Å². The van der Waals surface area contributed by atoms with Crippen molar-refractivity contribution < 1.29 is 9.53 Å². The van der Waals surface area contributed by atoms with E-state index >= 15 is 0 Å². The predicted molar refractivity (Wildman–Crippen MR) is 68.5 cm³/mol. The number of esters is 1. The fraction of sp³-hybridized carbons (Fsp3) is 0.143. The van der Waals surface area contributed by atoms with E-state index in [2.05, 4.69) is 4.98 Å². The Morgan fingerprint density at radius 1 is 1.22 bits per heavy atom. The van der Waals surface area contributed by atoms with Crippen LogP contribution >= 0.6 is 0 Å². The number of benzene rings is 1. The minimum absolute atomic E-state index is 0.172. The maximum atomic E-state index is 11.6. The first-order valence-electron chi connectivity index (χ1n) is 5.67. The number of nitrogens with one attached hydrogen (secondary N) is 1. The molecule has 2 rings (SSSR count). The highest BCUT2D eigenvalue weighted by molar-refractivity contribution is 5.90. The SMILES string of the molecule is CCOC(=O)c1cccc(-c2cccc(=O)[nH]2)c1. The van der Waals surface area contributed by atoms with E-state index in [1.807, 2.05) is 6.07 Å². The largest absolute Gasteiger partial charge is 0.462 e. The molecule has 0 aliphatic rings. The van der Waals surface area contributed by atoms with E-state index in [1.54, 1.807) is 37.3 Å². The van der Waals surface area contributed by atoms with Gasteiger partial charge in [-0.15, -0.1) is 0 Å². The second kappa shape index (κ2) is 5.31. The molecule has 0 aliphatic carbocycles. The minimum atomic E-state index is -0.363. The Kier molecular flexibility index (Phi) is 3.57. The second-order valence-electron chi connectivity index (χ2n) is 3.73. The van der Waals surface area contributed by atoms with E-state index in [1.165, 1.54) is 6.07 Å². The molecular weight excluding hydrogens is 230 g/mol. The molecule has 0 bridgehead atoms. The number of rotatable bonds is 3. The van der Waals surface area contributed by atoms with Crippen molar-refractivity contribution in [3.63, 3.8) is 0 Å². The molecule has 0 saturated carbocycles. The molecule has 0 fully saturated rings. The summed E-state index contributed by atoms with van der Waals surface area (Å²) in [6.45, 7) is 2.10. The molecule has 18 heavy (non-hydrogen) atoms. The summed E-state index contributed by atoms with van der Waals surface area (Å²) >= 11 is 0. The van der Waals surface area contributed by atoms with Crippen LogP contribution < -0.4 is 5.56 Å². The van der Waals surface area contributed by atoms with Crippen LogP contribution in [0.5, 0.6) is 0 Å². The molecular formula is C14H13NO3. The second-order valence-corrected chi connectivity index (χ2v) is 3.73. The lowest BCUT2D eigenvalue weighted by atomic mass is 10.1. The van der Waals surface area contributed by atoms with Gasteiger partial charge in [-0.1, -0.05) is 18.2 Å². The highest BCUT2D eigenvalue weighted by atomic mass is 16.5. The Bertz CT molecular complexity index is 616. The summed E-state index contributed by atoms with van der Waals surface area (Å²) in [5.74, 6) is -0.363. The smallest absolute Gasteiger partial charge is 0.338 e. The van der Waals surface area contributed by atoms with E-state index < -0.39 is 0 Å². The zero-order valence-electron chi connectivity index (χ0n) is 9.97. The third-order valence-electron chi connectivity index (χ3n) is 2.45. The lowest BCUT2D eigenvalue weighted by Gasteiger charge is -2.05. The minimum Gasteiger partial charge on any atom is -0.462 e. The third-order valence-corrected chi connectivity index (χ3v) is 2.45. The number of hydrogen-bond donors (Lipinski definition) is 1. The molecule has 0 radical (unpaired) electrons. The van der Waals surface area contributed by atoms with Crippen molar-refractivity contribution in [2.24, 2.45) is 0 Å². The van der Waals surface area contributed by atoms with Crippen LogP contribution in [0.3, 0.4) is 0 Å². The maximum absolute atomic E-state index is 11.6. The molecule has 0 aliphatic heterocycles. The first-order valence-corrected chi connectivity index (χ1v) is 5.67. The molecule has 1 aromatic carbocycles. The Balaban J connectivity index is 2.38. The van der Waals surface area contributed by atoms with E-state index in [4.69, 9.17) is 4.74 Å². The van der Waals surface area contributed by atoms with Gasteiger partial charge in [-0.2, -0.15) is 0 Å². The number of aromatic nitrogens is 1. The molecule has 1 N–H and O–H groups in total. The lowest BCUT2D eigenvalue weighted by molar-refractivity contribution is 0.0526. The standard InChI is InChI=1S/C14H13NO3/c1-2-18-14(17)11-6-3-5-10(9-11)12-7-4-8-13(16)15-12/h3-9H,2H2,1H3,(H,15,16). The third kappa shape index (κ3) is 2.66. The molecule has 0 unspecified atom stereocenters. The van der Waals surface area contributed by atoms with Crippen molar-refractivity contribution >= 4 is 5.97 Å². The number of carbonyl (C=O) groups excluding carboxylic acids is 1. The van der Waals surface area contributed by atoms with Crippen LogP contribution in [-0.4, -0.2) is 17.6 Å². The van der Waals surface area contributed by atoms with Crippen molar-refractivity contribution in [2.75, 3.05) is 6.61 Å². The van der Waals surface area contributed by atoms with E-state index in [9.17, 15) is 9.59 Å². The van der Waals surface area contributed by atoms with Gasteiger partial charge >= 0.3 is 5.97 Å². The highest BCUT2D eigenvalue weighted by Crippen LogP contribution is 2.17. The predicted octanol–water partition coefficient (Wildman–Crippen LogP) is 2.22. The van der Waals surface area contributed by atoms with Crippen molar-refractivity contribution in [1.82, 2.24) is 4.98 Å². The van der Waals surface area contributed by atoms with E-state index in [-0.39, 0.29) is 11.5 Å². The number of aromatic amines is 1. The van der Waals surface area contributed by atoms with Gasteiger partial charge in [-0.25, -0.2) is 4.79 Å². The van der Waals surface area contributed by atoms with Gasteiger partial charge in [-0.05, 0) is 30.7 Å². The monoisotopic (exact) mass is 243 g/mol. The summed E-state index contributed by atoms with van der Waals surface area (Å²) in [6, 6.07) is 11.9. The van der Waals surface area contributed by atoms with Gasteiger partial charge in [-0.3, -0.25) is 4.79 Å². The zero-order valence-corrected chi connectivity index (χ0v) is 9.97. The van der Waals surface area contributed by atoms with E-state index in [0.29, 0.717) is 17.9 Å². The molecule has 0 spiro atoms. The van der Waals surface area contributed by atoms with Gasteiger partial charge in [0.15, 0.2) is 0 Å². The van der Waals surface area contributed by atoms with Gasteiger partial charge < -0.3 is 9.72 Å². The van der Waals surface area contributed by atoms with Crippen LogP contribution in [0, 0.1) is 0 Å². The Morgan fingerprint density at radius 2 is 2.00 bits per heavy atom. The quantitative estimate of drug-likeness (QED) is 0.841. The summed E-state index contributed by atoms with van der Waals surface area (Å²) in [6.07, 6.45) is 0. The fourth-order valence-corrected chi connectivity index (χ4v) is 1.64. The van der Waals surface area contributed by atoms with Crippen LogP contribution in [0.1, 0.15) is 17.3 Å². The Morgan fingerprint density at radius 3 is 2.72 bits per heavy atom. The Labute approximate surface area is 104 Å². The molecule has 0 atom stereocenters. The molecule has 1 aromatic heterocycles. The van der Waals surface area contributed by atoms with Crippen molar-refractivity contribution in [1.29, 1.82) is 0 Å².